The van der Waals surface area contributed by atoms with Crippen LogP contribution in [0.2, 0.25) is 0 Å². The Kier molecular flexibility index (Phi) is 6.35. The summed E-state index contributed by atoms with van der Waals surface area (Å²) in [5.74, 6) is 0.245. The molecule has 0 spiro atoms. The maximum atomic E-state index is 13.4. The van der Waals surface area contributed by atoms with Crippen molar-refractivity contribution in [3.8, 4) is 0 Å². The average molecular weight is 430 g/mol. The highest BCUT2D eigenvalue weighted by atomic mass is 32.2. The highest BCUT2D eigenvalue weighted by Crippen LogP contribution is 2.38. The molecule has 6 nitrogen and oxygen atoms in total. The largest absolute Gasteiger partial charge is 0.418 e. The zero-order chi connectivity index (χ0) is 21.2. The van der Waals surface area contributed by atoms with Crippen LogP contribution in [0.1, 0.15) is 25.3 Å². The summed E-state index contributed by atoms with van der Waals surface area (Å²) in [6.07, 6.45) is -1.77. The molecule has 2 aromatic rings. The molecule has 3 N–H and O–H groups in total. The number of nitrogens with two attached hydrogens (primary N) is 1. The fourth-order valence-corrected chi connectivity index (χ4v) is 4.48. The Hall–Kier alpha value is -1.91. The number of aromatic nitrogens is 1. The van der Waals surface area contributed by atoms with E-state index < -0.39 is 21.8 Å². The Labute approximate surface area is 168 Å². The van der Waals surface area contributed by atoms with Crippen molar-refractivity contribution in [3.05, 3.63) is 36.0 Å². The molecule has 2 heterocycles. The van der Waals surface area contributed by atoms with Crippen LogP contribution in [0.25, 0.3) is 10.9 Å². The van der Waals surface area contributed by atoms with Crippen LogP contribution in [0.5, 0.6) is 0 Å². The number of pyridine rings is 1. The first-order valence-electron chi connectivity index (χ1n) is 9.48. The first-order valence-corrected chi connectivity index (χ1v) is 11.2. The van der Waals surface area contributed by atoms with Crippen molar-refractivity contribution in [1.82, 2.24) is 10.3 Å². The van der Waals surface area contributed by atoms with Crippen molar-refractivity contribution in [3.63, 3.8) is 0 Å². The summed E-state index contributed by atoms with van der Waals surface area (Å²) in [5, 5.41) is 8.85. The van der Waals surface area contributed by atoms with Gasteiger partial charge in [0.25, 0.3) is 0 Å². The van der Waals surface area contributed by atoms with Crippen molar-refractivity contribution in [2.24, 2.45) is 11.1 Å². The van der Waals surface area contributed by atoms with E-state index in [1.54, 1.807) is 12.1 Å². The molecule has 1 aromatic carbocycles. The predicted molar refractivity (Wildman–Crippen MR) is 107 cm³/mol. The molecule has 29 heavy (non-hydrogen) atoms. The number of primary sulfonamides is 1. The number of alkyl halides is 3. The molecule has 1 saturated heterocycles. The van der Waals surface area contributed by atoms with Crippen molar-refractivity contribution >= 4 is 26.6 Å². The highest BCUT2D eigenvalue weighted by molar-refractivity contribution is 7.89. The van der Waals surface area contributed by atoms with Gasteiger partial charge in [0, 0.05) is 36.4 Å². The summed E-state index contributed by atoms with van der Waals surface area (Å²) < 4.78 is 62.2. The minimum Gasteiger partial charge on any atom is -0.369 e. The Morgan fingerprint density at radius 3 is 2.72 bits per heavy atom. The van der Waals surface area contributed by atoms with Crippen LogP contribution in [0.3, 0.4) is 0 Å². The summed E-state index contributed by atoms with van der Waals surface area (Å²) in [6.45, 7) is 3.95. The Bertz CT molecular complexity index is 966. The van der Waals surface area contributed by atoms with Gasteiger partial charge >= 0.3 is 6.18 Å². The van der Waals surface area contributed by atoms with E-state index in [1.807, 2.05) is 0 Å². The van der Waals surface area contributed by atoms with Crippen molar-refractivity contribution in [1.29, 1.82) is 0 Å². The van der Waals surface area contributed by atoms with Gasteiger partial charge in [-0.15, -0.1) is 0 Å². The summed E-state index contributed by atoms with van der Waals surface area (Å²) in [5.41, 5.74) is -0.0584. The van der Waals surface area contributed by atoms with Gasteiger partial charge in [-0.25, -0.2) is 13.6 Å². The summed E-state index contributed by atoms with van der Waals surface area (Å²) in [7, 11) is -3.48. The topological polar surface area (TPSA) is 88.3 Å². The lowest BCUT2D eigenvalue weighted by Crippen LogP contribution is -2.49. The van der Waals surface area contributed by atoms with Crippen LogP contribution in [-0.2, 0) is 16.2 Å². The minimum absolute atomic E-state index is 0.0478. The number of anilines is 1. The maximum Gasteiger partial charge on any atom is 0.418 e. The lowest BCUT2D eigenvalue weighted by Gasteiger charge is -2.39. The van der Waals surface area contributed by atoms with Gasteiger partial charge < -0.3 is 10.2 Å². The van der Waals surface area contributed by atoms with Gasteiger partial charge in [0.15, 0.2) is 0 Å². The molecule has 1 fully saturated rings. The second-order valence-corrected chi connectivity index (χ2v) is 9.38. The molecule has 2 atom stereocenters. The molecular formula is C19H25F3N4O2S. The second kappa shape index (κ2) is 8.45. The van der Waals surface area contributed by atoms with E-state index in [-0.39, 0.29) is 17.3 Å². The molecule has 0 aliphatic carbocycles. The maximum absolute atomic E-state index is 13.4. The van der Waals surface area contributed by atoms with Gasteiger partial charge in [0.2, 0.25) is 10.0 Å². The molecular weight excluding hydrogens is 405 g/mol. The third-order valence-electron chi connectivity index (χ3n) is 5.09. The minimum atomic E-state index is -4.46. The lowest BCUT2D eigenvalue weighted by atomic mass is 9.94. The molecule has 160 valence electrons. The van der Waals surface area contributed by atoms with E-state index in [0.717, 1.165) is 24.7 Å². The lowest BCUT2D eigenvalue weighted by molar-refractivity contribution is -0.136. The zero-order valence-electron chi connectivity index (χ0n) is 16.1. The van der Waals surface area contributed by atoms with E-state index >= 15 is 0 Å². The number of halogens is 3. The predicted octanol–water partition coefficient (Wildman–Crippen LogP) is 2.74. The number of benzene rings is 1. The van der Waals surface area contributed by atoms with Crippen molar-refractivity contribution in [2.45, 2.75) is 32.0 Å². The number of sulfonamides is 1. The number of nitrogens with zero attached hydrogens (tertiary/aromatic N) is 2. The molecule has 1 aromatic heterocycles. The normalized spacial score (nSPS) is 20.9. The Morgan fingerprint density at radius 1 is 1.28 bits per heavy atom. The standard InChI is InChI=1S/C19H25F3N4O2S/c1-13-10-14(24-8-3-9-29(23,27)28)12-26(11-13)17-6-5-16(19(20,21)22)18-15(17)4-2-7-25-18/h2,4-7,13-14,24H,3,8-12H2,1H3,(H2,23,27,28). The molecule has 2 unspecified atom stereocenters. The summed E-state index contributed by atoms with van der Waals surface area (Å²) >= 11 is 0. The second-order valence-electron chi connectivity index (χ2n) is 7.65. The Balaban J connectivity index is 1.80. The highest BCUT2D eigenvalue weighted by Gasteiger charge is 2.34. The number of hydrogen-bond donors (Lipinski definition) is 2. The zero-order valence-corrected chi connectivity index (χ0v) is 16.9. The SMILES string of the molecule is CC1CC(NCCCS(N)(=O)=O)CN(c2ccc(C(F)(F)F)c3ncccc23)C1. The number of nitrogens with one attached hydrogen (secondary N) is 1. The van der Waals surface area contributed by atoms with Crippen molar-refractivity contribution in [2.75, 3.05) is 30.3 Å². The number of fused-ring (bicyclic) bond motifs is 1. The van der Waals surface area contributed by atoms with E-state index in [9.17, 15) is 21.6 Å². The molecule has 0 radical (unpaired) electrons. The molecule has 0 bridgehead atoms. The third kappa shape index (κ3) is 5.58. The first kappa shape index (κ1) is 21.8. The van der Waals surface area contributed by atoms with Gasteiger partial charge in [-0.1, -0.05) is 6.92 Å². The Morgan fingerprint density at radius 2 is 2.03 bits per heavy atom. The van der Waals surface area contributed by atoms with E-state index in [0.29, 0.717) is 30.8 Å². The average Bonchev–Trinajstić information content (AvgIpc) is 2.62. The number of hydrogen-bond acceptors (Lipinski definition) is 5. The molecule has 0 saturated carbocycles. The molecule has 1 aliphatic heterocycles. The van der Waals surface area contributed by atoms with Crippen LogP contribution in [0.4, 0.5) is 18.9 Å². The van der Waals surface area contributed by atoms with E-state index in [4.69, 9.17) is 5.14 Å². The molecule has 1 aliphatic rings. The summed E-state index contributed by atoms with van der Waals surface area (Å²) in [6, 6.07) is 6.03. The quantitative estimate of drug-likeness (QED) is 0.688. The number of piperidine rings is 1. The van der Waals surface area contributed by atoms with Gasteiger partial charge in [-0.3, -0.25) is 4.98 Å². The monoisotopic (exact) mass is 430 g/mol. The van der Waals surface area contributed by atoms with Crippen LogP contribution in [0.15, 0.2) is 30.5 Å². The number of rotatable bonds is 6. The fourth-order valence-electron chi connectivity index (χ4n) is 3.94. The van der Waals surface area contributed by atoms with Gasteiger partial charge in [0.1, 0.15) is 0 Å². The summed E-state index contributed by atoms with van der Waals surface area (Å²) in [4.78, 5) is 6.07. The smallest absolute Gasteiger partial charge is 0.369 e. The first-order chi connectivity index (χ1) is 13.5. The van der Waals surface area contributed by atoms with Gasteiger partial charge in [-0.2, -0.15) is 13.2 Å². The van der Waals surface area contributed by atoms with Crippen molar-refractivity contribution < 1.29 is 21.6 Å². The fraction of sp³-hybridized carbons (Fsp3) is 0.526. The molecule has 0 amide bonds. The van der Waals surface area contributed by atoms with Crippen LogP contribution in [-0.4, -0.2) is 44.8 Å². The van der Waals surface area contributed by atoms with Crippen LogP contribution in [0, 0.1) is 5.92 Å². The van der Waals surface area contributed by atoms with Crippen LogP contribution < -0.4 is 15.4 Å². The molecule has 3 rings (SSSR count). The van der Waals surface area contributed by atoms with Gasteiger partial charge in [0.05, 0.1) is 16.8 Å². The van der Waals surface area contributed by atoms with Gasteiger partial charge in [-0.05, 0) is 49.6 Å². The third-order valence-corrected chi connectivity index (χ3v) is 5.95. The van der Waals surface area contributed by atoms with Crippen LogP contribution >= 0.6 is 0 Å². The van der Waals surface area contributed by atoms with E-state index in [1.165, 1.54) is 12.3 Å². The molecule has 10 heteroatoms. The van der Waals surface area contributed by atoms with E-state index in [2.05, 4.69) is 22.1 Å².